The van der Waals surface area contributed by atoms with Crippen LogP contribution in [0.15, 0.2) is 35.0 Å². The van der Waals surface area contributed by atoms with Crippen LogP contribution >= 0.6 is 11.3 Å². The molecule has 1 aromatic carbocycles. The van der Waals surface area contributed by atoms with Gasteiger partial charge in [-0.25, -0.2) is 8.42 Å². The van der Waals surface area contributed by atoms with E-state index < -0.39 is 10.0 Å². The molecule has 0 unspecified atom stereocenters. The van der Waals surface area contributed by atoms with E-state index in [0.717, 1.165) is 18.4 Å². The fraction of sp³-hybridized carbons (Fsp3) is 0.421. The van der Waals surface area contributed by atoms with Crippen molar-refractivity contribution in [2.45, 2.75) is 18.9 Å². The Bertz CT molecular complexity index is 908. The summed E-state index contributed by atoms with van der Waals surface area (Å²) < 4.78 is 25.4. The molecule has 1 aliphatic rings. The van der Waals surface area contributed by atoms with Crippen molar-refractivity contribution in [3.63, 3.8) is 0 Å². The highest BCUT2D eigenvalue weighted by molar-refractivity contribution is 7.92. The van der Waals surface area contributed by atoms with Crippen molar-refractivity contribution in [2.75, 3.05) is 37.7 Å². The topological polar surface area (TPSA) is 69.7 Å². The van der Waals surface area contributed by atoms with Gasteiger partial charge in [0.2, 0.25) is 10.0 Å². The molecule has 8 heteroatoms. The Hall–Kier alpha value is -1.90. The number of amides is 1. The lowest BCUT2D eigenvalue weighted by molar-refractivity contribution is 0.0942. The average Bonchev–Trinajstić information content (AvgIpc) is 3.14. The number of rotatable bonds is 6. The first-order chi connectivity index (χ1) is 12.8. The summed E-state index contributed by atoms with van der Waals surface area (Å²) in [5.74, 6) is -0.142. The van der Waals surface area contributed by atoms with Gasteiger partial charge in [0.05, 0.1) is 18.0 Å². The fourth-order valence-electron chi connectivity index (χ4n) is 3.40. The van der Waals surface area contributed by atoms with Gasteiger partial charge in [0, 0.05) is 18.7 Å². The standard InChI is InChI=1S/C19H25N3O3S2/c1-21(2)18(16-8-10-26-13-16)12-20-19(23)15-6-7-17-14(11-15)5-4-9-22(17)27(3,24)25/h6-8,10-11,13,18H,4-5,9,12H2,1-3H3,(H,20,23)/t18-/m0/s1. The first-order valence-corrected chi connectivity index (χ1v) is 11.6. The zero-order valence-corrected chi connectivity index (χ0v) is 17.4. The molecule has 3 rings (SSSR count). The molecule has 1 amide bonds. The van der Waals surface area contributed by atoms with Crippen molar-refractivity contribution in [2.24, 2.45) is 0 Å². The lowest BCUT2D eigenvalue weighted by Gasteiger charge is -2.29. The predicted molar refractivity (Wildman–Crippen MR) is 110 cm³/mol. The van der Waals surface area contributed by atoms with E-state index in [9.17, 15) is 13.2 Å². The Morgan fingerprint density at radius 1 is 1.33 bits per heavy atom. The van der Waals surface area contributed by atoms with E-state index in [0.29, 0.717) is 24.3 Å². The van der Waals surface area contributed by atoms with Crippen LogP contribution in [-0.2, 0) is 16.4 Å². The van der Waals surface area contributed by atoms with Crippen LogP contribution < -0.4 is 9.62 Å². The number of hydrogen-bond acceptors (Lipinski definition) is 5. The maximum absolute atomic E-state index is 12.6. The van der Waals surface area contributed by atoms with Crippen LogP contribution in [0.25, 0.3) is 0 Å². The lowest BCUT2D eigenvalue weighted by atomic mass is 10.0. The quantitative estimate of drug-likeness (QED) is 0.799. The van der Waals surface area contributed by atoms with Crippen LogP contribution in [0.4, 0.5) is 5.69 Å². The minimum absolute atomic E-state index is 0.110. The van der Waals surface area contributed by atoms with Gasteiger partial charge in [-0.15, -0.1) is 0 Å². The van der Waals surface area contributed by atoms with Crippen molar-refractivity contribution < 1.29 is 13.2 Å². The third-order valence-electron chi connectivity index (χ3n) is 4.83. The molecule has 0 saturated heterocycles. The molecule has 0 radical (unpaired) electrons. The number of nitrogens with one attached hydrogen (secondary N) is 1. The highest BCUT2D eigenvalue weighted by atomic mass is 32.2. The second-order valence-electron chi connectivity index (χ2n) is 7.03. The third-order valence-corrected chi connectivity index (χ3v) is 6.71. The second kappa shape index (κ2) is 8.00. The lowest BCUT2D eigenvalue weighted by Crippen LogP contribution is -2.35. The number of likely N-dealkylation sites (N-methyl/N-ethyl adjacent to an activating group) is 1. The van der Waals surface area contributed by atoms with Crippen molar-refractivity contribution in [1.82, 2.24) is 10.2 Å². The molecule has 0 aliphatic carbocycles. The summed E-state index contributed by atoms with van der Waals surface area (Å²) in [6.45, 7) is 0.998. The van der Waals surface area contributed by atoms with Gasteiger partial charge in [-0.1, -0.05) is 0 Å². The molecule has 2 heterocycles. The van der Waals surface area contributed by atoms with Gasteiger partial charge in [-0.3, -0.25) is 9.10 Å². The van der Waals surface area contributed by atoms with E-state index in [1.807, 2.05) is 25.5 Å². The molecule has 0 spiro atoms. The molecule has 0 fully saturated rings. The zero-order chi connectivity index (χ0) is 19.6. The Kier molecular flexibility index (Phi) is 5.88. The fourth-order valence-corrected chi connectivity index (χ4v) is 5.11. The number of nitrogens with zero attached hydrogens (tertiary/aromatic N) is 2. The second-order valence-corrected chi connectivity index (χ2v) is 9.72. The van der Waals surface area contributed by atoms with Gasteiger partial charge < -0.3 is 10.2 Å². The summed E-state index contributed by atoms with van der Waals surface area (Å²) in [6.07, 6.45) is 2.75. The Balaban J connectivity index is 1.74. The molecule has 0 saturated carbocycles. The van der Waals surface area contributed by atoms with Crippen LogP contribution in [0.2, 0.25) is 0 Å². The van der Waals surface area contributed by atoms with Gasteiger partial charge in [0.25, 0.3) is 5.91 Å². The molecule has 1 aliphatic heterocycles. The largest absolute Gasteiger partial charge is 0.350 e. The van der Waals surface area contributed by atoms with Crippen LogP contribution in [0.1, 0.15) is 33.9 Å². The summed E-state index contributed by atoms with van der Waals surface area (Å²) >= 11 is 1.64. The molecule has 27 heavy (non-hydrogen) atoms. The number of fused-ring (bicyclic) bond motifs is 1. The highest BCUT2D eigenvalue weighted by Crippen LogP contribution is 2.30. The molecule has 0 bridgehead atoms. The minimum atomic E-state index is -3.30. The number of thiophene rings is 1. The van der Waals surface area contributed by atoms with Gasteiger partial charge in [-0.05, 0) is 73.1 Å². The Labute approximate surface area is 164 Å². The summed E-state index contributed by atoms with van der Waals surface area (Å²) in [4.78, 5) is 14.7. The SMILES string of the molecule is CN(C)[C@@H](CNC(=O)c1ccc2c(c1)CCCN2S(C)(=O)=O)c1ccsc1. The maximum Gasteiger partial charge on any atom is 0.251 e. The first kappa shape index (κ1) is 19.9. The predicted octanol–water partition coefficient (Wildman–Crippen LogP) is 2.49. The van der Waals surface area contributed by atoms with Crippen LogP contribution in [0.5, 0.6) is 0 Å². The molecule has 6 nitrogen and oxygen atoms in total. The van der Waals surface area contributed by atoms with E-state index >= 15 is 0 Å². The monoisotopic (exact) mass is 407 g/mol. The zero-order valence-electron chi connectivity index (χ0n) is 15.8. The van der Waals surface area contributed by atoms with E-state index in [2.05, 4.69) is 21.7 Å². The van der Waals surface area contributed by atoms with Crippen LogP contribution in [-0.4, -0.2) is 52.7 Å². The van der Waals surface area contributed by atoms with Crippen LogP contribution in [0.3, 0.4) is 0 Å². The van der Waals surface area contributed by atoms with E-state index in [-0.39, 0.29) is 11.9 Å². The smallest absolute Gasteiger partial charge is 0.251 e. The van der Waals surface area contributed by atoms with Crippen LogP contribution in [0, 0.1) is 0 Å². The molecule has 2 aromatic rings. The number of benzene rings is 1. The average molecular weight is 408 g/mol. The number of carbonyl (C=O) groups excluding carboxylic acids is 1. The van der Waals surface area contributed by atoms with Crippen molar-refractivity contribution in [1.29, 1.82) is 0 Å². The number of hydrogen-bond donors (Lipinski definition) is 1. The number of aryl methyl sites for hydroxylation is 1. The van der Waals surface area contributed by atoms with Crippen molar-refractivity contribution >= 4 is 33.0 Å². The van der Waals surface area contributed by atoms with Gasteiger partial charge >= 0.3 is 0 Å². The maximum atomic E-state index is 12.6. The summed E-state index contributed by atoms with van der Waals surface area (Å²) in [5.41, 5.74) is 3.33. The Morgan fingerprint density at radius 3 is 2.74 bits per heavy atom. The van der Waals surface area contributed by atoms with E-state index in [1.54, 1.807) is 23.5 Å². The normalized spacial score (nSPS) is 15.5. The molecule has 1 aromatic heterocycles. The van der Waals surface area contributed by atoms with E-state index in [1.165, 1.54) is 16.1 Å². The van der Waals surface area contributed by atoms with Crippen molar-refractivity contribution in [3.05, 3.63) is 51.7 Å². The molecule has 146 valence electrons. The molecular weight excluding hydrogens is 382 g/mol. The Morgan fingerprint density at radius 2 is 2.11 bits per heavy atom. The van der Waals surface area contributed by atoms with Crippen molar-refractivity contribution in [3.8, 4) is 0 Å². The highest BCUT2D eigenvalue weighted by Gasteiger charge is 2.25. The number of sulfonamides is 1. The molecule has 1 N–H and O–H groups in total. The molecule has 1 atom stereocenters. The number of carbonyl (C=O) groups is 1. The van der Waals surface area contributed by atoms with Gasteiger partial charge in [-0.2, -0.15) is 11.3 Å². The third kappa shape index (κ3) is 4.51. The van der Waals surface area contributed by atoms with E-state index in [4.69, 9.17) is 0 Å². The summed E-state index contributed by atoms with van der Waals surface area (Å²) in [7, 11) is 0.686. The minimum Gasteiger partial charge on any atom is -0.350 e. The van der Waals surface area contributed by atoms with Gasteiger partial charge in [0.15, 0.2) is 0 Å². The summed E-state index contributed by atoms with van der Waals surface area (Å²) in [5, 5.41) is 7.13. The van der Waals surface area contributed by atoms with Gasteiger partial charge in [0.1, 0.15) is 0 Å². The summed E-state index contributed by atoms with van der Waals surface area (Å²) in [6, 6.07) is 7.44. The number of anilines is 1. The first-order valence-electron chi connectivity index (χ1n) is 8.84. The molecular formula is C19H25N3O3S2.